The summed E-state index contributed by atoms with van der Waals surface area (Å²) in [5.74, 6) is -0.361. The molecule has 0 radical (unpaired) electrons. The van der Waals surface area contributed by atoms with Crippen molar-refractivity contribution < 1.29 is 19.1 Å². The molecule has 1 aliphatic rings. The van der Waals surface area contributed by atoms with Gasteiger partial charge in [0.15, 0.2) is 0 Å². The predicted octanol–water partition coefficient (Wildman–Crippen LogP) is 2.87. The maximum atomic E-state index is 11.8. The molecule has 17 heavy (non-hydrogen) atoms. The van der Waals surface area contributed by atoms with Crippen LogP contribution in [0.2, 0.25) is 0 Å². The third-order valence-electron chi connectivity index (χ3n) is 3.42. The molecule has 0 spiro atoms. The highest BCUT2D eigenvalue weighted by molar-refractivity contribution is 7.52. The lowest BCUT2D eigenvalue weighted by Gasteiger charge is -2.17. The van der Waals surface area contributed by atoms with E-state index < -0.39 is 13.8 Å². The van der Waals surface area contributed by atoms with Crippen molar-refractivity contribution in [2.24, 2.45) is 5.92 Å². The monoisotopic (exact) mass is 262 g/mol. The van der Waals surface area contributed by atoms with Crippen LogP contribution in [0.15, 0.2) is 0 Å². The van der Waals surface area contributed by atoms with Crippen LogP contribution in [0, 0.1) is 5.92 Å². The largest absolute Gasteiger partial charge is 0.332 e. The van der Waals surface area contributed by atoms with Crippen molar-refractivity contribution in [1.29, 1.82) is 0 Å². The van der Waals surface area contributed by atoms with Gasteiger partial charge in [-0.25, -0.2) is 0 Å². The van der Waals surface area contributed by atoms with Crippen LogP contribution >= 0.6 is 7.60 Å². The molecule has 0 bridgehead atoms. The predicted molar refractivity (Wildman–Crippen MR) is 67.0 cm³/mol. The van der Waals surface area contributed by atoms with E-state index in [4.69, 9.17) is 9.79 Å². The lowest BCUT2D eigenvalue weighted by molar-refractivity contribution is -0.121. The van der Waals surface area contributed by atoms with Crippen LogP contribution in [-0.2, 0) is 9.36 Å². The summed E-state index contributed by atoms with van der Waals surface area (Å²) in [7, 11) is -4.18. The van der Waals surface area contributed by atoms with Crippen LogP contribution in [0.4, 0.5) is 0 Å². The number of rotatable bonds is 3. The highest BCUT2D eigenvalue weighted by atomic mass is 31.2. The number of ketones is 1. The second-order valence-electron chi connectivity index (χ2n) is 5.04. The summed E-state index contributed by atoms with van der Waals surface area (Å²) in [6.45, 7) is 0. The molecule has 0 atom stereocenters. The molecule has 100 valence electrons. The summed E-state index contributed by atoms with van der Waals surface area (Å²) in [5.41, 5.74) is 0. The van der Waals surface area contributed by atoms with E-state index in [1.54, 1.807) is 0 Å². The maximum Gasteiger partial charge on any atom is 0.332 e. The minimum atomic E-state index is -4.18. The number of hydrogen-bond acceptors (Lipinski definition) is 2. The van der Waals surface area contributed by atoms with Crippen LogP contribution in [0.3, 0.4) is 0 Å². The van der Waals surface area contributed by atoms with Gasteiger partial charge in [0.25, 0.3) is 0 Å². The van der Waals surface area contributed by atoms with Crippen molar-refractivity contribution in [1.82, 2.24) is 0 Å². The molecular formula is C12H23O4P. The van der Waals surface area contributed by atoms with Gasteiger partial charge in [-0.05, 0) is 12.8 Å². The normalized spacial score (nSPS) is 21.1. The van der Waals surface area contributed by atoms with E-state index in [1.807, 2.05) is 0 Å². The van der Waals surface area contributed by atoms with Crippen LogP contribution < -0.4 is 0 Å². The molecule has 0 aromatic heterocycles. The smallest absolute Gasteiger partial charge is 0.324 e. The zero-order chi connectivity index (χ0) is 12.7. The van der Waals surface area contributed by atoms with Crippen LogP contribution in [0.25, 0.3) is 0 Å². The van der Waals surface area contributed by atoms with Gasteiger partial charge in [-0.3, -0.25) is 9.36 Å². The summed E-state index contributed by atoms with van der Waals surface area (Å²) in [6, 6.07) is 0. The van der Waals surface area contributed by atoms with Crippen molar-refractivity contribution >= 4 is 13.4 Å². The molecule has 1 rings (SSSR count). The molecule has 0 unspecified atom stereocenters. The third-order valence-corrected chi connectivity index (χ3v) is 4.15. The quantitative estimate of drug-likeness (QED) is 0.767. The Bertz CT molecular complexity index is 274. The van der Waals surface area contributed by atoms with Crippen molar-refractivity contribution in [2.75, 3.05) is 6.16 Å². The Hall–Kier alpha value is -0.180. The fourth-order valence-corrected chi connectivity index (χ4v) is 3.13. The van der Waals surface area contributed by atoms with E-state index in [2.05, 4.69) is 0 Å². The molecule has 5 heteroatoms. The Morgan fingerprint density at radius 3 is 1.76 bits per heavy atom. The van der Waals surface area contributed by atoms with Crippen LogP contribution in [-0.4, -0.2) is 21.7 Å². The van der Waals surface area contributed by atoms with Gasteiger partial charge in [-0.1, -0.05) is 44.9 Å². The standard InChI is InChI=1S/C12H23O4P/c13-12(10-17(14,15)16)11-8-6-4-2-1-3-5-7-9-11/h11H,1-10H2,(H2,14,15,16). The molecule has 0 heterocycles. The minimum absolute atomic E-state index is 0.124. The lowest BCUT2D eigenvalue weighted by atomic mass is 9.90. The summed E-state index contributed by atoms with van der Waals surface area (Å²) >= 11 is 0. The molecule has 2 N–H and O–H groups in total. The van der Waals surface area contributed by atoms with E-state index >= 15 is 0 Å². The van der Waals surface area contributed by atoms with Gasteiger partial charge >= 0.3 is 7.60 Å². The first-order chi connectivity index (χ1) is 7.99. The highest BCUT2D eigenvalue weighted by Crippen LogP contribution is 2.36. The first-order valence-corrected chi connectivity index (χ1v) is 8.36. The van der Waals surface area contributed by atoms with E-state index in [9.17, 15) is 9.36 Å². The van der Waals surface area contributed by atoms with E-state index in [1.165, 1.54) is 19.3 Å². The van der Waals surface area contributed by atoms with Crippen molar-refractivity contribution in [2.45, 2.75) is 57.8 Å². The van der Waals surface area contributed by atoms with E-state index in [-0.39, 0.29) is 11.7 Å². The topological polar surface area (TPSA) is 74.6 Å². The number of carbonyl (C=O) groups excluding carboxylic acids is 1. The fourth-order valence-electron chi connectivity index (χ4n) is 2.46. The molecule has 0 aromatic carbocycles. The molecule has 0 aromatic rings. The second-order valence-corrected chi connectivity index (χ2v) is 6.68. The summed E-state index contributed by atoms with van der Waals surface area (Å²) in [5, 5.41) is 0. The second kappa shape index (κ2) is 7.30. The van der Waals surface area contributed by atoms with E-state index in [0.29, 0.717) is 0 Å². The zero-order valence-electron chi connectivity index (χ0n) is 10.3. The maximum absolute atomic E-state index is 11.8. The van der Waals surface area contributed by atoms with Crippen LogP contribution in [0.5, 0.6) is 0 Å². The first-order valence-electron chi connectivity index (χ1n) is 6.56. The summed E-state index contributed by atoms with van der Waals surface area (Å²) in [4.78, 5) is 29.5. The Morgan fingerprint density at radius 1 is 0.941 bits per heavy atom. The van der Waals surface area contributed by atoms with Gasteiger partial charge in [0, 0.05) is 5.92 Å². The molecule has 0 amide bonds. The Labute approximate surface area is 103 Å². The molecule has 0 aliphatic heterocycles. The summed E-state index contributed by atoms with van der Waals surface area (Å²) in [6.07, 6.45) is 9.06. The van der Waals surface area contributed by atoms with Gasteiger partial charge in [-0.2, -0.15) is 0 Å². The number of Topliss-reactive ketones (excluding diaryl/α,β-unsaturated/α-hetero) is 1. The third kappa shape index (κ3) is 6.97. The van der Waals surface area contributed by atoms with Gasteiger partial charge < -0.3 is 9.79 Å². The fraction of sp³-hybridized carbons (Fsp3) is 0.917. The molecular weight excluding hydrogens is 239 g/mol. The Morgan fingerprint density at radius 2 is 1.35 bits per heavy atom. The lowest BCUT2D eigenvalue weighted by Crippen LogP contribution is -2.19. The Balaban J connectivity index is 2.46. The highest BCUT2D eigenvalue weighted by Gasteiger charge is 2.25. The number of carbonyl (C=O) groups is 1. The molecule has 1 saturated carbocycles. The molecule has 1 fully saturated rings. The van der Waals surface area contributed by atoms with Crippen molar-refractivity contribution in [3.8, 4) is 0 Å². The minimum Gasteiger partial charge on any atom is -0.324 e. The van der Waals surface area contributed by atoms with Gasteiger partial charge in [-0.15, -0.1) is 0 Å². The van der Waals surface area contributed by atoms with Gasteiger partial charge in [0.2, 0.25) is 0 Å². The Kier molecular flexibility index (Phi) is 6.39. The average molecular weight is 262 g/mol. The van der Waals surface area contributed by atoms with Gasteiger partial charge in [0.05, 0.1) is 0 Å². The average Bonchev–Trinajstić information content (AvgIpc) is 2.23. The van der Waals surface area contributed by atoms with E-state index in [0.717, 1.165) is 38.5 Å². The number of hydrogen-bond donors (Lipinski definition) is 2. The van der Waals surface area contributed by atoms with Crippen molar-refractivity contribution in [3.63, 3.8) is 0 Å². The molecule has 0 saturated heterocycles. The molecule has 1 aliphatic carbocycles. The summed E-state index contributed by atoms with van der Waals surface area (Å²) < 4.78 is 10.8. The first kappa shape index (κ1) is 14.9. The molecule has 4 nitrogen and oxygen atoms in total. The SMILES string of the molecule is O=C(CP(=O)(O)O)C1CCCCCCCCC1. The zero-order valence-corrected chi connectivity index (χ0v) is 11.2. The van der Waals surface area contributed by atoms with Crippen molar-refractivity contribution in [3.05, 3.63) is 0 Å². The van der Waals surface area contributed by atoms with Crippen LogP contribution in [0.1, 0.15) is 57.8 Å². The van der Waals surface area contributed by atoms with Gasteiger partial charge in [0.1, 0.15) is 11.9 Å².